The molecular formula is C18H26NO4S+. The molecule has 0 aliphatic carbocycles. The summed E-state index contributed by atoms with van der Waals surface area (Å²) in [5.41, 5.74) is 0. The van der Waals surface area contributed by atoms with E-state index >= 15 is 0 Å². The third-order valence-electron chi connectivity index (χ3n) is 4.10. The third-order valence-corrected chi connectivity index (χ3v) is 6.08. The van der Waals surface area contributed by atoms with Gasteiger partial charge < -0.3 is 15.2 Å². The average Bonchev–Trinajstić information content (AvgIpc) is 2.99. The Morgan fingerprint density at radius 3 is 2.67 bits per heavy atom. The van der Waals surface area contributed by atoms with Gasteiger partial charge in [-0.25, -0.2) is 0 Å². The number of benzene rings is 1. The predicted molar refractivity (Wildman–Crippen MR) is 95.3 cm³/mol. The van der Waals surface area contributed by atoms with Gasteiger partial charge in [0.15, 0.2) is 4.90 Å². The van der Waals surface area contributed by atoms with Crippen LogP contribution in [-0.2, 0) is 25.2 Å². The molecule has 1 saturated heterocycles. The van der Waals surface area contributed by atoms with E-state index in [0.29, 0.717) is 31.8 Å². The van der Waals surface area contributed by atoms with Crippen molar-refractivity contribution in [2.45, 2.75) is 49.1 Å². The summed E-state index contributed by atoms with van der Waals surface area (Å²) in [5.74, 6) is 0.0161. The van der Waals surface area contributed by atoms with Crippen molar-refractivity contribution in [2.24, 2.45) is 0 Å². The summed E-state index contributed by atoms with van der Waals surface area (Å²) in [6.45, 7) is 0.706. The van der Waals surface area contributed by atoms with Gasteiger partial charge in [0.05, 0.1) is 6.04 Å². The fourth-order valence-corrected chi connectivity index (χ4v) is 4.51. The summed E-state index contributed by atoms with van der Waals surface area (Å²) in [7, 11) is 0.180. The molecule has 1 aliphatic heterocycles. The maximum Gasteiger partial charge on any atom is 0.306 e. The number of hydrogen-bond acceptors (Lipinski definition) is 4. The number of esters is 1. The molecule has 0 amide bonds. The molecule has 1 fully saturated rings. The van der Waals surface area contributed by atoms with Crippen molar-refractivity contribution in [2.75, 3.05) is 18.6 Å². The van der Waals surface area contributed by atoms with Crippen LogP contribution in [0.3, 0.4) is 0 Å². The first kappa shape index (κ1) is 18.8. The van der Waals surface area contributed by atoms with E-state index in [4.69, 9.17) is 9.84 Å². The van der Waals surface area contributed by atoms with E-state index in [-0.39, 0.29) is 29.4 Å². The van der Waals surface area contributed by atoms with Crippen LogP contribution in [-0.4, -0.2) is 47.7 Å². The molecule has 1 heterocycles. The van der Waals surface area contributed by atoms with Gasteiger partial charge in [-0.1, -0.05) is 18.2 Å². The van der Waals surface area contributed by atoms with Crippen molar-refractivity contribution in [3.05, 3.63) is 30.3 Å². The van der Waals surface area contributed by atoms with Crippen LogP contribution < -0.4 is 5.32 Å². The maximum absolute atomic E-state index is 11.8. The van der Waals surface area contributed by atoms with Crippen LogP contribution in [0.15, 0.2) is 35.2 Å². The zero-order chi connectivity index (χ0) is 17.4. The van der Waals surface area contributed by atoms with Crippen molar-refractivity contribution >= 4 is 22.8 Å². The number of unbranched alkanes of at least 4 members (excludes halogenated alkanes) is 1. The van der Waals surface area contributed by atoms with Crippen molar-refractivity contribution in [1.29, 1.82) is 0 Å². The normalized spacial score (nSPS) is 21.4. The number of rotatable bonds is 9. The van der Waals surface area contributed by atoms with Gasteiger partial charge in [-0.2, -0.15) is 0 Å². The summed E-state index contributed by atoms with van der Waals surface area (Å²) in [5, 5.41) is 12.0. The molecule has 1 aliphatic rings. The van der Waals surface area contributed by atoms with Crippen LogP contribution in [0.1, 0.15) is 32.1 Å². The molecule has 1 aromatic carbocycles. The molecule has 6 heteroatoms. The summed E-state index contributed by atoms with van der Waals surface area (Å²) in [6, 6.07) is 10.9. The molecular weight excluding hydrogens is 326 g/mol. The topological polar surface area (TPSA) is 75.6 Å². The van der Waals surface area contributed by atoms with Crippen LogP contribution in [0, 0.1) is 0 Å². The lowest BCUT2D eigenvalue weighted by Gasteiger charge is -2.12. The zero-order valence-corrected chi connectivity index (χ0v) is 14.9. The second kappa shape index (κ2) is 9.69. The summed E-state index contributed by atoms with van der Waals surface area (Å²) >= 11 is 0. The van der Waals surface area contributed by atoms with Gasteiger partial charge in [-0.3, -0.25) is 9.59 Å². The molecule has 0 bridgehead atoms. The molecule has 0 spiro atoms. The molecule has 2 N–H and O–H groups in total. The standard InChI is InChI=1S/C18H25NO4S/c1-24(16-7-3-2-4-8-16)13-14-11-15(12-19-14)23-18(22)10-6-5-9-17(20)21/h2-4,7-8,14-15,19H,5-6,9-13H2,1H3/p+1/t14-,15-,24?/m1/s1. The van der Waals surface area contributed by atoms with Gasteiger partial charge >= 0.3 is 11.9 Å². The minimum absolute atomic E-state index is 0.0604. The summed E-state index contributed by atoms with van der Waals surface area (Å²) in [6.07, 6.45) is 4.54. The highest BCUT2D eigenvalue weighted by atomic mass is 32.2. The number of carboxylic acid groups (broad SMARTS) is 1. The molecule has 0 saturated carbocycles. The molecule has 24 heavy (non-hydrogen) atoms. The van der Waals surface area contributed by atoms with E-state index in [2.05, 4.69) is 35.8 Å². The third kappa shape index (κ3) is 6.53. The van der Waals surface area contributed by atoms with Gasteiger partial charge in [0.1, 0.15) is 18.1 Å². The number of aliphatic carboxylic acids is 1. The van der Waals surface area contributed by atoms with E-state index in [9.17, 15) is 9.59 Å². The lowest BCUT2D eigenvalue weighted by molar-refractivity contribution is -0.148. The Balaban J connectivity index is 1.65. The first-order valence-electron chi connectivity index (χ1n) is 8.37. The second-order valence-electron chi connectivity index (χ2n) is 6.17. The first-order chi connectivity index (χ1) is 11.5. The first-order valence-corrected chi connectivity index (χ1v) is 10.2. The van der Waals surface area contributed by atoms with E-state index < -0.39 is 5.97 Å². The second-order valence-corrected chi connectivity index (χ2v) is 8.25. The molecule has 2 rings (SSSR count). The highest BCUT2D eigenvalue weighted by molar-refractivity contribution is 7.96. The average molecular weight is 352 g/mol. The van der Waals surface area contributed by atoms with Crippen molar-refractivity contribution in [3.8, 4) is 0 Å². The Morgan fingerprint density at radius 1 is 1.25 bits per heavy atom. The van der Waals surface area contributed by atoms with Gasteiger partial charge in [-0.05, 0) is 25.0 Å². The van der Waals surface area contributed by atoms with E-state index in [1.54, 1.807) is 0 Å². The van der Waals surface area contributed by atoms with Crippen molar-refractivity contribution in [3.63, 3.8) is 0 Å². The minimum Gasteiger partial charge on any atom is -0.481 e. The quantitative estimate of drug-likeness (QED) is 0.405. The molecule has 0 aromatic heterocycles. The van der Waals surface area contributed by atoms with Gasteiger partial charge in [0, 0.05) is 36.7 Å². The molecule has 1 aromatic rings. The Morgan fingerprint density at radius 2 is 1.96 bits per heavy atom. The largest absolute Gasteiger partial charge is 0.481 e. The molecule has 0 radical (unpaired) electrons. The minimum atomic E-state index is -0.820. The molecule has 5 nitrogen and oxygen atoms in total. The lowest BCUT2D eigenvalue weighted by Crippen LogP contribution is -2.29. The predicted octanol–water partition coefficient (Wildman–Crippen LogP) is 2.21. The van der Waals surface area contributed by atoms with E-state index in [0.717, 1.165) is 12.2 Å². The Hall–Kier alpha value is -1.53. The molecule has 132 valence electrons. The van der Waals surface area contributed by atoms with Crippen LogP contribution in [0.25, 0.3) is 0 Å². The fourth-order valence-electron chi connectivity index (χ4n) is 2.84. The highest BCUT2D eigenvalue weighted by Crippen LogP contribution is 2.18. The number of nitrogens with one attached hydrogen (secondary N) is 1. The lowest BCUT2D eigenvalue weighted by atomic mass is 10.2. The molecule has 1 unspecified atom stereocenters. The van der Waals surface area contributed by atoms with Crippen molar-refractivity contribution in [1.82, 2.24) is 5.32 Å². The van der Waals surface area contributed by atoms with Gasteiger partial charge in [0.25, 0.3) is 0 Å². The number of carboxylic acids is 1. The monoisotopic (exact) mass is 352 g/mol. The number of ether oxygens (including phenoxy) is 1. The Bertz CT molecular complexity index is 537. The van der Waals surface area contributed by atoms with Crippen LogP contribution >= 0.6 is 0 Å². The van der Waals surface area contributed by atoms with Crippen molar-refractivity contribution < 1.29 is 19.4 Å². The summed E-state index contributed by atoms with van der Waals surface area (Å²) in [4.78, 5) is 23.6. The number of carbonyl (C=O) groups excluding carboxylic acids is 1. The molecule has 3 atom stereocenters. The van der Waals surface area contributed by atoms with Crippen LogP contribution in [0.4, 0.5) is 0 Å². The SMILES string of the molecule is C[S+](C[C@H]1C[C@@H](OC(=O)CCCCC(=O)O)CN1)c1ccccc1. The fraction of sp³-hybridized carbons (Fsp3) is 0.556. The maximum atomic E-state index is 11.8. The Kier molecular flexibility index (Phi) is 7.59. The van der Waals surface area contributed by atoms with E-state index in [1.807, 2.05) is 6.07 Å². The zero-order valence-electron chi connectivity index (χ0n) is 14.1. The number of hydrogen-bond donors (Lipinski definition) is 2. The van der Waals surface area contributed by atoms with Gasteiger partial charge in [0.2, 0.25) is 0 Å². The number of carbonyl (C=O) groups is 2. The van der Waals surface area contributed by atoms with Crippen LogP contribution in [0.5, 0.6) is 0 Å². The Labute approximate surface area is 146 Å². The van der Waals surface area contributed by atoms with Gasteiger partial charge in [-0.15, -0.1) is 0 Å². The summed E-state index contributed by atoms with van der Waals surface area (Å²) < 4.78 is 5.49. The van der Waals surface area contributed by atoms with E-state index in [1.165, 1.54) is 4.90 Å². The smallest absolute Gasteiger partial charge is 0.306 e. The highest BCUT2D eigenvalue weighted by Gasteiger charge is 2.31. The van der Waals surface area contributed by atoms with Crippen LogP contribution in [0.2, 0.25) is 0 Å².